The van der Waals surface area contributed by atoms with Gasteiger partial charge in [-0.2, -0.15) is 0 Å². The van der Waals surface area contributed by atoms with Crippen LogP contribution in [0, 0.1) is 0 Å². The Bertz CT molecular complexity index is 1080. The predicted molar refractivity (Wildman–Crippen MR) is 131 cm³/mol. The number of nitrogens with zero attached hydrogens (tertiary/aromatic N) is 1. The van der Waals surface area contributed by atoms with Gasteiger partial charge < -0.3 is 25.0 Å². The average Bonchev–Trinajstić information content (AvgIpc) is 3.37. The number of amides is 1. The molecule has 2 aliphatic heterocycles. The van der Waals surface area contributed by atoms with Crippen LogP contribution in [0.4, 0.5) is 11.4 Å². The molecular formula is C24H32N4O5S. The molecule has 9 nitrogen and oxygen atoms in total. The molecule has 0 unspecified atom stereocenters. The zero-order valence-electron chi connectivity index (χ0n) is 19.4. The van der Waals surface area contributed by atoms with E-state index < -0.39 is 10.0 Å². The van der Waals surface area contributed by atoms with Gasteiger partial charge in [0, 0.05) is 44.9 Å². The molecule has 2 aromatic carbocycles. The Balaban J connectivity index is 1.57. The molecule has 1 amide bonds. The van der Waals surface area contributed by atoms with Crippen molar-refractivity contribution in [2.75, 3.05) is 55.6 Å². The Hall–Kier alpha value is -2.82. The molecule has 3 N–H and O–H groups in total. The normalized spacial score (nSPS) is 18.5. The molecule has 184 valence electrons. The van der Waals surface area contributed by atoms with Crippen LogP contribution in [0.2, 0.25) is 0 Å². The highest BCUT2D eigenvalue weighted by atomic mass is 32.2. The van der Waals surface area contributed by atoms with Crippen LogP contribution >= 0.6 is 0 Å². The summed E-state index contributed by atoms with van der Waals surface area (Å²) < 4.78 is 40.1. The van der Waals surface area contributed by atoms with Crippen LogP contribution in [-0.4, -0.2) is 66.4 Å². The molecule has 2 fully saturated rings. The number of rotatable bonds is 9. The summed E-state index contributed by atoms with van der Waals surface area (Å²) >= 11 is 0. The third-order valence-corrected chi connectivity index (χ3v) is 7.30. The van der Waals surface area contributed by atoms with Crippen molar-refractivity contribution >= 4 is 27.3 Å². The predicted octanol–water partition coefficient (Wildman–Crippen LogP) is 2.20. The summed E-state index contributed by atoms with van der Waals surface area (Å²) in [6.45, 7) is 6.60. The van der Waals surface area contributed by atoms with Gasteiger partial charge in [0.05, 0.1) is 29.0 Å². The van der Waals surface area contributed by atoms with Gasteiger partial charge in [-0.05, 0) is 62.2 Å². The summed E-state index contributed by atoms with van der Waals surface area (Å²) in [6.07, 6.45) is 1.95. The lowest BCUT2D eigenvalue weighted by molar-refractivity contribution is 0.0858. The molecule has 34 heavy (non-hydrogen) atoms. The minimum atomic E-state index is -3.87. The molecule has 0 aromatic heterocycles. The van der Waals surface area contributed by atoms with E-state index in [1.807, 2.05) is 13.0 Å². The molecule has 0 aliphatic carbocycles. The molecule has 2 aromatic rings. The lowest BCUT2D eigenvalue weighted by Crippen LogP contribution is -2.43. The summed E-state index contributed by atoms with van der Waals surface area (Å²) in [7, 11) is -3.87. The summed E-state index contributed by atoms with van der Waals surface area (Å²) in [5.74, 6) is 0.344. The van der Waals surface area contributed by atoms with E-state index in [9.17, 15) is 13.2 Å². The zero-order chi connectivity index (χ0) is 24.0. The lowest BCUT2D eigenvalue weighted by Gasteiger charge is -2.31. The highest BCUT2D eigenvalue weighted by molar-refractivity contribution is 7.92. The Morgan fingerprint density at radius 2 is 1.94 bits per heavy atom. The zero-order valence-corrected chi connectivity index (χ0v) is 20.2. The third-order valence-electron chi connectivity index (χ3n) is 5.92. The number of ether oxygens (including phenoxy) is 2. The number of hydrogen-bond donors (Lipinski definition) is 3. The molecule has 1 atom stereocenters. The van der Waals surface area contributed by atoms with E-state index in [4.69, 9.17) is 9.47 Å². The Morgan fingerprint density at radius 3 is 2.62 bits per heavy atom. The van der Waals surface area contributed by atoms with Crippen molar-refractivity contribution in [3.05, 3.63) is 48.0 Å². The number of sulfonamides is 1. The van der Waals surface area contributed by atoms with E-state index in [0.29, 0.717) is 30.2 Å². The van der Waals surface area contributed by atoms with Crippen molar-refractivity contribution in [3.63, 3.8) is 0 Å². The highest BCUT2D eigenvalue weighted by Gasteiger charge is 2.22. The third kappa shape index (κ3) is 5.99. The molecule has 2 aliphatic rings. The number of piperazine rings is 1. The monoisotopic (exact) mass is 488 g/mol. The van der Waals surface area contributed by atoms with E-state index >= 15 is 0 Å². The van der Waals surface area contributed by atoms with E-state index in [0.717, 1.165) is 51.3 Å². The fourth-order valence-electron chi connectivity index (χ4n) is 4.14. The number of hydrogen-bond acceptors (Lipinski definition) is 7. The van der Waals surface area contributed by atoms with Gasteiger partial charge in [0.2, 0.25) is 0 Å². The first-order chi connectivity index (χ1) is 16.5. The minimum Gasteiger partial charge on any atom is -0.494 e. The first-order valence-corrected chi connectivity index (χ1v) is 13.2. The molecular weight excluding hydrogens is 456 g/mol. The van der Waals surface area contributed by atoms with Crippen LogP contribution in [0.1, 0.15) is 30.1 Å². The van der Waals surface area contributed by atoms with Crippen LogP contribution in [0.3, 0.4) is 0 Å². The van der Waals surface area contributed by atoms with E-state index in [2.05, 4.69) is 20.3 Å². The molecule has 4 rings (SSSR count). The highest BCUT2D eigenvalue weighted by Crippen LogP contribution is 2.30. The standard InChI is InChI=1S/C24H32N4O5S/c1-2-32-19-6-8-21(9-7-19)34(30,31)27-22-16-18(24(29)26-17-20-4-3-15-33-20)5-10-23(22)28-13-11-25-12-14-28/h5-10,16,20,25,27H,2-4,11-15,17H2,1H3,(H,26,29)/t20-/m1/s1. The molecule has 0 saturated carbocycles. The smallest absolute Gasteiger partial charge is 0.261 e. The van der Waals surface area contributed by atoms with Crippen molar-refractivity contribution < 1.29 is 22.7 Å². The van der Waals surface area contributed by atoms with Gasteiger partial charge in [-0.1, -0.05) is 0 Å². The van der Waals surface area contributed by atoms with Crippen LogP contribution in [-0.2, 0) is 14.8 Å². The second-order valence-corrected chi connectivity index (χ2v) is 10.0. The lowest BCUT2D eigenvalue weighted by atomic mass is 10.1. The Labute approximate surface area is 200 Å². The van der Waals surface area contributed by atoms with Crippen molar-refractivity contribution in [1.82, 2.24) is 10.6 Å². The fourth-order valence-corrected chi connectivity index (χ4v) is 5.21. The van der Waals surface area contributed by atoms with E-state index in [-0.39, 0.29) is 16.9 Å². The van der Waals surface area contributed by atoms with Gasteiger partial charge in [-0.15, -0.1) is 0 Å². The van der Waals surface area contributed by atoms with Crippen LogP contribution in [0.25, 0.3) is 0 Å². The van der Waals surface area contributed by atoms with Crippen molar-refractivity contribution in [3.8, 4) is 5.75 Å². The molecule has 0 spiro atoms. The van der Waals surface area contributed by atoms with Gasteiger partial charge in [-0.25, -0.2) is 8.42 Å². The number of carbonyl (C=O) groups excluding carboxylic acids is 1. The molecule has 2 saturated heterocycles. The largest absolute Gasteiger partial charge is 0.494 e. The van der Waals surface area contributed by atoms with Gasteiger partial charge in [-0.3, -0.25) is 9.52 Å². The van der Waals surface area contributed by atoms with Gasteiger partial charge >= 0.3 is 0 Å². The van der Waals surface area contributed by atoms with E-state index in [1.165, 1.54) is 12.1 Å². The van der Waals surface area contributed by atoms with Gasteiger partial charge in [0.25, 0.3) is 15.9 Å². The number of carbonyl (C=O) groups is 1. The first kappa shape index (κ1) is 24.3. The Kier molecular flexibility index (Phi) is 7.91. The Morgan fingerprint density at radius 1 is 1.18 bits per heavy atom. The van der Waals surface area contributed by atoms with Crippen molar-refractivity contribution in [2.45, 2.75) is 30.8 Å². The van der Waals surface area contributed by atoms with Gasteiger partial charge in [0.1, 0.15) is 5.75 Å². The maximum atomic E-state index is 13.2. The topological polar surface area (TPSA) is 109 Å². The van der Waals surface area contributed by atoms with Crippen LogP contribution < -0.4 is 25.0 Å². The van der Waals surface area contributed by atoms with Crippen molar-refractivity contribution in [2.24, 2.45) is 0 Å². The minimum absolute atomic E-state index is 0.0294. The van der Waals surface area contributed by atoms with Crippen LogP contribution in [0.5, 0.6) is 5.75 Å². The second kappa shape index (κ2) is 11.1. The first-order valence-electron chi connectivity index (χ1n) is 11.7. The molecule has 0 radical (unpaired) electrons. The maximum absolute atomic E-state index is 13.2. The maximum Gasteiger partial charge on any atom is 0.261 e. The summed E-state index contributed by atoms with van der Waals surface area (Å²) in [6, 6.07) is 11.4. The molecule has 10 heteroatoms. The number of anilines is 2. The summed E-state index contributed by atoms with van der Waals surface area (Å²) in [4.78, 5) is 15.0. The quantitative estimate of drug-likeness (QED) is 0.497. The molecule has 0 bridgehead atoms. The summed E-state index contributed by atoms with van der Waals surface area (Å²) in [5, 5.41) is 6.20. The van der Waals surface area contributed by atoms with Gasteiger partial charge in [0.15, 0.2) is 0 Å². The SMILES string of the molecule is CCOc1ccc(S(=O)(=O)Nc2cc(C(=O)NC[C@H]3CCCO3)ccc2N2CCNCC2)cc1. The second-order valence-electron chi connectivity index (χ2n) is 8.32. The number of benzene rings is 2. The van der Waals surface area contributed by atoms with Crippen molar-refractivity contribution in [1.29, 1.82) is 0 Å². The fraction of sp³-hybridized carbons (Fsp3) is 0.458. The van der Waals surface area contributed by atoms with Crippen LogP contribution in [0.15, 0.2) is 47.4 Å². The average molecular weight is 489 g/mol. The van der Waals surface area contributed by atoms with E-state index in [1.54, 1.807) is 24.3 Å². The molecule has 2 heterocycles. The number of nitrogens with one attached hydrogen (secondary N) is 3. The summed E-state index contributed by atoms with van der Waals surface area (Å²) in [5.41, 5.74) is 1.51.